The van der Waals surface area contributed by atoms with Crippen molar-refractivity contribution in [2.75, 3.05) is 0 Å². The second-order valence-electron chi connectivity index (χ2n) is 1.78. The van der Waals surface area contributed by atoms with Crippen LogP contribution in [0.25, 0.3) is 0 Å². The van der Waals surface area contributed by atoms with Crippen molar-refractivity contribution in [3.63, 3.8) is 0 Å². The predicted octanol–water partition coefficient (Wildman–Crippen LogP) is 3.31. The van der Waals surface area contributed by atoms with Crippen LogP contribution in [0, 0.1) is 24.6 Å². The summed E-state index contributed by atoms with van der Waals surface area (Å²) in [4.78, 5) is 0. The lowest BCUT2D eigenvalue weighted by molar-refractivity contribution is 0.440. The minimum atomic E-state index is -1.40. The predicted molar refractivity (Wildman–Crippen MR) is 51.7 cm³/mol. The van der Waals surface area contributed by atoms with E-state index in [2.05, 4.69) is 0 Å². The van der Waals surface area contributed by atoms with Gasteiger partial charge in [0.2, 0.25) is 0 Å². The van der Waals surface area contributed by atoms with Crippen LogP contribution in [0.3, 0.4) is 0 Å². The summed E-state index contributed by atoms with van der Waals surface area (Å²) in [5, 5.41) is 0. The minimum absolute atomic E-state index is 0.0888. The van der Waals surface area contributed by atoms with E-state index in [9.17, 15) is 13.2 Å². The smallest absolute Gasteiger partial charge is 0.196 e. The molecule has 1 aromatic rings. The van der Waals surface area contributed by atoms with Gasteiger partial charge in [-0.2, -0.15) is 0 Å². The fourth-order valence-corrected chi connectivity index (χ4v) is 2.24. The van der Waals surface area contributed by atoms with Crippen LogP contribution in [0.1, 0.15) is 0 Å². The highest BCUT2D eigenvalue weighted by atomic mass is 127. The van der Waals surface area contributed by atoms with Crippen molar-refractivity contribution in [1.82, 2.24) is 0 Å². The molecule has 0 aliphatic rings. The lowest BCUT2D eigenvalue weighted by Gasteiger charge is -1.99. The molecule has 0 N–H and O–H groups in total. The van der Waals surface area contributed by atoms with E-state index in [0.29, 0.717) is 0 Å². The molecule has 0 aliphatic heterocycles. The van der Waals surface area contributed by atoms with Gasteiger partial charge in [-0.25, -0.2) is 13.2 Å². The first kappa shape index (κ1) is 9.56. The van der Waals surface area contributed by atoms with E-state index in [1.807, 2.05) is 0 Å². The van der Waals surface area contributed by atoms with Crippen LogP contribution in [-0.2, 0) is 0 Å². The Bertz CT molecular complexity index is 272. The highest BCUT2D eigenvalue weighted by molar-refractivity contribution is 14.1. The minimum Gasteiger partial charge on any atom is -0.202 e. The van der Waals surface area contributed by atoms with Crippen LogP contribution in [0.4, 0.5) is 13.2 Å². The summed E-state index contributed by atoms with van der Waals surface area (Å²) in [5.74, 6) is -3.65. The highest BCUT2D eigenvalue weighted by Crippen LogP contribution is 2.21. The summed E-state index contributed by atoms with van der Waals surface area (Å²) >= 11 is 3.21. The average Bonchev–Trinajstić information content (AvgIpc) is 1.97. The van der Waals surface area contributed by atoms with Crippen molar-refractivity contribution in [2.45, 2.75) is 0 Å². The Hall–Kier alpha value is 0.470. The maximum absolute atomic E-state index is 12.5. The summed E-state index contributed by atoms with van der Waals surface area (Å²) in [6, 6.07) is 1.24. The molecule has 0 unspecified atom stereocenters. The Morgan fingerprint density at radius 2 is 1.18 bits per heavy atom. The zero-order valence-corrected chi connectivity index (χ0v) is 9.28. The number of hydrogen-bond donors (Lipinski definition) is 0. The second kappa shape index (κ2) is 3.46. The first-order chi connectivity index (χ1) is 5.04. The summed E-state index contributed by atoms with van der Waals surface area (Å²) in [6.45, 7) is 0. The number of hydrogen-bond acceptors (Lipinski definition) is 0. The third-order valence-corrected chi connectivity index (χ3v) is 2.63. The van der Waals surface area contributed by atoms with E-state index < -0.39 is 17.5 Å². The molecule has 60 valence electrons. The van der Waals surface area contributed by atoms with E-state index in [1.54, 1.807) is 45.2 Å². The molecule has 5 heteroatoms. The summed E-state index contributed by atoms with van der Waals surface area (Å²) in [6.07, 6.45) is 0. The van der Waals surface area contributed by atoms with Crippen molar-refractivity contribution in [3.8, 4) is 0 Å². The molecule has 0 heterocycles. The van der Waals surface area contributed by atoms with E-state index in [0.717, 1.165) is 0 Å². The van der Waals surface area contributed by atoms with Crippen LogP contribution < -0.4 is 0 Å². The normalized spacial score (nSPS) is 10.3. The molecule has 0 amide bonds. The highest BCUT2D eigenvalue weighted by Gasteiger charge is 2.15. The number of halogens is 5. The zero-order chi connectivity index (χ0) is 8.59. The van der Waals surface area contributed by atoms with Crippen molar-refractivity contribution >= 4 is 45.2 Å². The molecule has 0 radical (unpaired) electrons. The fourth-order valence-electron chi connectivity index (χ4n) is 0.544. The maximum Gasteiger partial charge on any atom is 0.196 e. The van der Waals surface area contributed by atoms with Gasteiger partial charge in [-0.1, -0.05) is 0 Å². The van der Waals surface area contributed by atoms with Crippen molar-refractivity contribution < 1.29 is 13.2 Å². The van der Waals surface area contributed by atoms with Gasteiger partial charge in [0, 0.05) is 0 Å². The Balaban J connectivity index is 3.46. The second-order valence-corrected chi connectivity index (χ2v) is 4.11. The van der Waals surface area contributed by atoms with Gasteiger partial charge in [-0.05, 0) is 51.2 Å². The van der Waals surface area contributed by atoms with Gasteiger partial charge in [0.1, 0.15) is 0 Å². The van der Waals surface area contributed by atoms with Gasteiger partial charge in [0.05, 0.1) is 7.14 Å². The standard InChI is InChI=1S/C6HF3I2/c7-4-2(10)1-3(11)5(8)6(4)9/h1H. The molecule has 0 aromatic heterocycles. The molecule has 0 saturated heterocycles. The van der Waals surface area contributed by atoms with Crippen LogP contribution in [0.5, 0.6) is 0 Å². The number of benzene rings is 1. The monoisotopic (exact) mass is 384 g/mol. The molecule has 11 heavy (non-hydrogen) atoms. The molecule has 1 aromatic carbocycles. The Labute approximate surface area is 88.5 Å². The summed E-state index contributed by atoms with van der Waals surface area (Å²) < 4.78 is 37.8. The molecule has 0 aliphatic carbocycles. The largest absolute Gasteiger partial charge is 0.202 e. The molecular formula is C6HF3I2. The summed E-state index contributed by atoms with van der Waals surface area (Å²) in [5.41, 5.74) is 0. The zero-order valence-electron chi connectivity index (χ0n) is 4.97. The van der Waals surface area contributed by atoms with Crippen LogP contribution in [0.2, 0.25) is 0 Å². The third kappa shape index (κ3) is 1.79. The van der Waals surface area contributed by atoms with Gasteiger partial charge in [0.15, 0.2) is 17.5 Å². The van der Waals surface area contributed by atoms with Crippen molar-refractivity contribution in [1.29, 1.82) is 0 Å². The molecule has 1 rings (SSSR count). The molecule has 0 bridgehead atoms. The molecule has 0 fully saturated rings. The van der Waals surface area contributed by atoms with Crippen LogP contribution in [-0.4, -0.2) is 0 Å². The molecule has 0 spiro atoms. The molecule has 0 atom stereocenters. The van der Waals surface area contributed by atoms with Gasteiger partial charge in [0.25, 0.3) is 0 Å². The van der Waals surface area contributed by atoms with Gasteiger partial charge >= 0.3 is 0 Å². The lowest BCUT2D eigenvalue weighted by atomic mass is 10.3. The van der Waals surface area contributed by atoms with Crippen LogP contribution in [0.15, 0.2) is 6.07 Å². The fraction of sp³-hybridized carbons (Fsp3) is 0. The topological polar surface area (TPSA) is 0 Å². The number of rotatable bonds is 0. The molecule has 0 saturated carbocycles. The van der Waals surface area contributed by atoms with Gasteiger partial charge in [-0.15, -0.1) is 0 Å². The molecular weight excluding hydrogens is 383 g/mol. The van der Waals surface area contributed by atoms with Gasteiger partial charge in [-0.3, -0.25) is 0 Å². The third-order valence-electron chi connectivity index (χ3n) is 1.06. The van der Waals surface area contributed by atoms with E-state index >= 15 is 0 Å². The Kier molecular flexibility index (Phi) is 3.01. The molecule has 0 nitrogen and oxygen atoms in total. The van der Waals surface area contributed by atoms with E-state index in [1.165, 1.54) is 6.07 Å². The SMILES string of the molecule is Fc1c(I)cc(I)c(F)c1F. The first-order valence-electron chi connectivity index (χ1n) is 2.52. The van der Waals surface area contributed by atoms with Crippen molar-refractivity contribution in [3.05, 3.63) is 30.7 Å². The van der Waals surface area contributed by atoms with Crippen molar-refractivity contribution in [2.24, 2.45) is 0 Å². The first-order valence-corrected chi connectivity index (χ1v) is 4.68. The Morgan fingerprint density at radius 1 is 0.818 bits per heavy atom. The average molecular weight is 384 g/mol. The van der Waals surface area contributed by atoms with Gasteiger partial charge < -0.3 is 0 Å². The Morgan fingerprint density at radius 3 is 1.55 bits per heavy atom. The van der Waals surface area contributed by atoms with E-state index in [-0.39, 0.29) is 7.14 Å². The van der Waals surface area contributed by atoms with Crippen LogP contribution >= 0.6 is 45.2 Å². The quantitative estimate of drug-likeness (QED) is 0.366. The summed E-state index contributed by atoms with van der Waals surface area (Å²) in [7, 11) is 0. The van der Waals surface area contributed by atoms with E-state index in [4.69, 9.17) is 0 Å². The maximum atomic E-state index is 12.5. The lowest BCUT2D eigenvalue weighted by Crippen LogP contribution is -1.96.